The molecule has 2 amide bonds. The molecule has 0 radical (unpaired) electrons. The highest BCUT2D eigenvalue weighted by Gasteiger charge is 2.15. The number of aryl methyl sites for hydroxylation is 1. The van der Waals surface area contributed by atoms with Crippen LogP contribution in [0.1, 0.15) is 20.8 Å². The van der Waals surface area contributed by atoms with Crippen molar-refractivity contribution < 1.29 is 14.7 Å². The van der Waals surface area contributed by atoms with Crippen molar-refractivity contribution in [2.45, 2.75) is 13.5 Å². The molecule has 1 aromatic carbocycles. The Labute approximate surface area is 126 Å². The first-order valence-corrected chi connectivity index (χ1v) is 7.24. The van der Waals surface area contributed by atoms with Gasteiger partial charge in [0.2, 0.25) is 0 Å². The molecule has 0 saturated heterocycles. The van der Waals surface area contributed by atoms with Crippen LogP contribution in [0.3, 0.4) is 0 Å². The number of carbonyl (C=O) groups is 2. The molecule has 0 aliphatic rings. The lowest BCUT2D eigenvalue weighted by molar-refractivity contribution is 0.0698. The van der Waals surface area contributed by atoms with E-state index in [1.54, 1.807) is 37.4 Å². The Kier molecular flexibility index (Phi) is 4.59. The first-order valence-electron chi connectivity index (χ1n) is 6.36. The Balaban J connectivity index is 2.10. The number of amides is 2. The number of carboxylic acids is 1. The number of thiophene rings is 1. The number of carbonyl (C=O) groups excluding carboxylic acids is 1. The molecule has 0 unspecified atom stereocenters. The summed E-state index contributed by atoms with van der Waals surface area (Å²) in [5.74, 6) is -1.06. The van der Waals surface area contributed by atoms with Crippen molar-refractivity contribution in [2.24, 2.45) is 0 Å². The molecule has 0 aliphatic carbocycles. The first kappa shape index (κ1) is 15.1. The lowest BCUT2D eigenvalue weighted by Gasteiger charge is -2.18. The van der Waals surface area contributed by atoms with Crippen molar-refractivity contribution in [1.29, 1.82) is 0 Å². The zero-order valence-electron chi connectivity index (χ0n) is 11.8. The Morgan fingerprint density at radius 1 is 1.33 bits per heavy atom. The molecule has 0 saturated carbocycles. The van der Waals surface area contributed by atoms with Gasteiger partial charge in [-0.25, -0.2) is 9.59 Å². The number of aromatic carboxylic acids is 1. The quantitative estimate of drug-likeness (QED) is 0.909. The van der Waals surface area contributed by atoms with E-state index in [4.69, 9.17) is 0 Å². The minimum absolute atomic E-state index is 0.0906. The van der Waals surface area contributed by atoms with Gasteiger partial charge in [-0.15, -0.1) is 11.3 Å². The van der Waals surface area contributed by atoms with Crippen molar-refractivity contribution in [3.8, 4) is 0 Å². The van der Waals surface area contributed by atoms with Crippen molar-refractivity contribution in [1.82, 2.24) is 4.90 Å². The molecule has 6 heteroatoms. The Hall–Kier alpha value is -2.34. The highest BCUT2D eigenvalue weighted by molar-refractivity contribution is 7.09. The first-order chi connectivity index (χ1) is 9.97. The van der Waals surface area contributed by atoms with Gasteiger partial charge in [0.25, 0.3) is 0 Å². The van der Waals surface area contributed by atoms with Crippen LogP contribution >= 0.6 is 11.3 Å². The topological polar surface area (TPSA) is 69.6 Å². The fourth-order valence-corrected chi connectivity index (χ4v) is 2.62. The molecule has 0 atom stereocenters. The van der Waals surface area contributed by atoms with E-state index in [2.05, 4.69) is 5.32 Å². The molecule has 1 aromatic heterocycles. The average Bonchev–Trinajstić information content (AvgIpc) is 2.93. The number of nitrogens with one attached hydrogen (secondary N) is 1. The third-order valence-corrected chi connectivity index (χ3v) is 3.83. The largest absolute Gasteiger partial charge is 0.478 e. The van der Waals surface area contributed by atoms with E-state index < -0.39 is 5.97 Å². The number of anilines is 1. The summed E-state index contributed by atoms with van der Waals surface area (Å²) < 4.78 is 0. The fraction of sp³-hybridized carbons (Fsp3) is 0.200. The van der Waals surface area contributed by atoms with Gasteiger partial charge in [0, 0.05) is 11.9 Å². The van der Waals surface area contributed by atoms with Crippen molar-refractivity contribution in [3.05, 3.63) is 51.7 Å². The monoisotopic (exact) mass is 304 g/mol. The average molecular weight is 304 g/mol. The standard InChI is InChI=1S/C15H16N2O3S/c1-10-5-6-13(12(8-10)14(18)19)16-15(20)17(2)9-11-4-3-7-21-11/h3-8H,9H2,1-2H3,(H,16,20)(H,18,19). The molecule has 5 nitrogen and oxygen atoms in total. The minimum Gasteiger partial charge on any atom is -0.478 e. The lowest BCUT2D eigenvalue weighted by atomic mass is 10.1. The summed E-state index contributed by atoms with van der Waals surface area (Å²) in [6.07, 6.45) is 0. The van der Waals surface area contributed by atoms with Gasteiger partial charge < -0.3 is 15.3 Å². The van der Waals surface area contributed by atoms with Crippen LogP contribution in [0.5, 0.6) is 0 Å². The number of rotatable bonds is 4. The molecule has 110 valence electrons. The van der Waals surface area contributed by atoms with Gasteiger partial charge in [-0.3, -0.25) is 0 Å². The molecule has 0 aliphatic heterocycles. The van der Waals surface area contributed by atoms with E-state index >= 15 is 0 Å². The van der Waals surface area contributed by atoms with Gasteiger partial charge in [0.1, 0.15) is 0 Å². The van der Waals surface area contributed by atoms with Crippen LogP contribution in [-0.2, 0) is 6.54 Å². The van der Waals surface area contributed by atoms with Crippen LogP contribution in [0.25, 0.3) is 0 Å². The summed E-state index contributed by atoms with van der Waals surface area (Å²) in [5.41, 5.74) is 1.22. The number of urea groups is 1. The number of hydrogen-bond acceptors (Lipinski definition) is 3. The van der Waals surface area contributed by atoms with Gasteiger partial charge >= 0.3 is 12.0 Å². The van der Waals surface area contributed by atoms with Crippen molar-refractivity contribution in [3.63, 3.8) is 0 Å². The van der Waals surface area contributed by atoms with E-state index in [0.717, 1.165) is 10.4 Å². The van der Waals surface area contributed by atoms with Crippen LogP contribution in [0.4, 0.5) is 10.5 Å². The zero-order chi connectivity index (χ0) is 15.4. The van der Waals surface area contributed by atoms with E-state index in [-0.39, 0.29) is 11.6 Å². The summed E-state index contributed by atoms with van der Waals surface area (Å²) in [4.78, 5) is 25.9. The third kappa shape index (κ3) is 3.82. The third-order valence-electron chi connectivity index (χ3n) is 2.97. The normalized spacial score (nSPS) is 10.2. The van der Waals surface area contributed by atoms with Gasteiger partial charge in [0.05, 0.1) is 17.8 Å². The molecule has 0 bridgehead atoms. The number of carboxylic acid groups (broad SMARTS) is 1. The second-order valence-electron chi connectivity index (χ2n) is 4.72. The predicted molar refractivity (Wildman–Crippen MR) is 82.9 cm³/mol. The minimum atomic E-state index is -1.06. The summed E-state index contributed by atoms with van der Waals surface area (Å²) in [7, 11) is 1.67. The van der Waals surface area contributed by atoms with E-state index in [9.17, 15) is 14.7 Å². The maximum absolute atomic E-state index is 12.1. The van der Waals surface area contributed by atoms with Gasteiger partial charge in [0.15, 0.2) is 0 Å². The highest BCUT2D eigenvalue weighted by Crippen LogP contribution is 2.18. The summed E-state index contributed by atoms with van der Waals surface area (Å²) >= 11 is 1.57. The molecule has 21 heavy (non-hydrogen) atoms. The van der Waals surface area contributed by atoms with E-state index in [0.29, 0.717) is 12.2 Å². The predicted octanol–water partition coefficient (Wildman–Crippen LogP) is 3.42. The fourth-order valence-electron chi connectivity index (χ4n) is 1.86. The van der Waals surface area contributed by atoms with Crippen LogP contribution in [0, 0.1) is 6.92 Å². The SMILES string of the molecule is Cc1ccc(NC(=O)N(C)Cc2cccs2)c(C(=O)O)c1. The second kappa shape index (κ2) is 6.41. The molecule has 2 rings (SSSR count). The maximum atomic E-state index is 12.1. The van der Waals surface area contributed by atoms with Gasteiger partial charge in [-0.1, -0.05) is 17.7 Å². The maximum Gasteiger partial charge on any atom is 0.337 e. The van der Waals surface area contributed by atoms with Gasteiger partial charge in [-0.2, -0.15) is 0 Å². The number of hydrogen-bond donors (Lipinski definition) is 2. The summed E-state index contributed by atoms with van der Waals surface area (Å²) in [6.45, 7) is 2.29. The lowest BCUT2D eigenvalue weighted by Crippen LogP contribution is -2.31. The second-order valence-corrected chi connectivity index (χ2v) is 5.75. The Morgan fingerprint density at radius 2 is 2.10 bits per heavy atom. The molecule has 0 spiro atoms. The molecule has 2 aromatic rings. The Morgan fingerprint density at radius 3 is 2.71 bits per heavy atom. The Bertz CT molecular complexity index is 653. The summed E-state index contributed by atoms with van der Waals surface area (Å²) in [6, 6.07) is 8.45. The molecule has 1 heterocycles. The van der Waals surface area contributed by atoms with Crippen LogP contribution in [0.2, 0.25) is 0 Å². The molecule has 2 N–H and O–H groups in total. The van der Waals surface area contributed by atoms with E-state index in [1.165, 1.54) is 11.0 Å². The van der Waals surface area contributed by atoms with Crippen LogP contribution < -0.4 is 5.32 Å². The molecular formula is C15H16N2O3S. The van der Waals surface area contributed by atoms with Crippen molar-refractivity contribution >= 4 is 29.0 Å². The highest BCUT2D eigenvalue weighted by atomic mass is 32.1. The van der Waals surface area contributed by atoms with Gasteiger partial charge in [-0.05, 0) is 30.5 Å². The molecule has 0 fully saturated rings. The smallest absolute Gasteiger partial charge is 0.337 e. The number of benzene rings is 1. The molecular weight excluding hydrogens is 288 g/mol. The van der Waals surface area contributed by atoms with Crippen molar-refractivity contribution in [2.75, 3.05) is 12.4 Å². The zero-order valence-corrected chi connectivity index (χ0v) is 12.6. The van der Waals surface area contributed by atoms with Crippen LogP contribution in [-0.4, -0.2) is 29.1 Å². The van der Waals surface area contributed by atoms with E-state index in [1.807, 2.05) is 17.5 Å². The summed E-state index contributed by atoms with van der Waals surface area (Å²) in [5, 5.41) is 13.8. The van der Waals surface area contributed by atoms with Crippen LogP contribution in [0.15, 0.2) is 35.7 Å². The number of nitrogens with zero attached hydrogens (tertiary/aromatic N) is 1.